The van der Waals surface area contributed by atoms with Crippen molar-refractivity contribution in [1.29, 1.82) is 0 Å². The van der Waals surface area contributed by atoms with Crippen molar-refractivity contribution in [3.8, 4) is 0 Å². The van der Waals surface area contributed by atoms with E-state index in [2.05, 4.69) is 103 Å². The van der Waals surface area contributed by atoms with Crippen molar-refractivity contribution in [2.24, 2.45) is 0 Å². The summed E-state index contributed by atoms with van der Waals surface area (Å²) in [4.78, 5) is 1.93. The van der Waals surface area contributed by atoms with E-state index in [0.717, 1.165) is 0 Å². The highest BCUT2D eigenvalue weighted by molar-refractivity contribution is 7.10. The van der Waals surface area contributed by atoms with Crippen LogP contribution in [0.2, 0.25) is 78.6 Å². The lowest BCUT2D eigenvalue weighted by Crippen LogP contribution is -2.47. The summed E-state index contributed by atoms with van der Waals surface area (Å²) in [6, 6.07) is 9.39. The molecular formula is C20H40Si4. The lowest BCUT2D eigenvalue weighted by molar-refractivity contribution is 1.57. The third kappa shape index (κ3) is 5.16. The van der Waals surface area contributed by atoms with Gasteiger partial charge >= 0.3 is 0 Å². The van der Waals surface area contributed by atoms with Gasteiger partial charge in [-0.1, -0.05) is 118 Å². The smallest absolute Gasteiger partial charge is 0.0783 e. The summed E-state index contributed by atoms with van der Waals surface area (Å²) < 4.78 is 0. The van der Waals surface area contributed by atoms with Crippen LogP contribution in [0, 0.1) is 0 Å². The Morgan fingerprint density at radius 3 is 1.33 bits per heavy atom. The zero-order valence-corrected chi connectivity index (χ0v) is 22.3. The molecule has 0 amide bonds. The minimum Gasteiger partial charge on any atom is -0.0913 e. The molecule has 0 N–H and O–H groups in total. The number of hydrogen-bond acceptors (Lipinski definition) is 0. The van der Waals surface area contributed by atoms with Gasteiger partial charge in [0, 0.05) is 0 Å². The van der Waals surface area contributed by atoms with Crippen molar-refractivity contribution in [3.63, 3.8) is 0 Å². The van der Waals surface area contributed by atoms with Gasteiger partial charge in [-0.3, -0.25) is 0 Å². The zero-order valence-electron chi connectivity index (χ0n) is 18.3. The molecule has 0 aliphatic rings. The fraction of sp³-hybridized carbons (Fsp3) is 0.600. The Labute approximate surface area is 155 Å². The summed E-state index contributed by atoms with van der Waals surface area (Å²) in [5.41, 5.74) is 1.62. The van der Waals surface area contributed by atoms with Gasteiger partial charge in [-0.15, -0.1) is 0 Å². The summed E-state index contributed by atoms with van der Waals surface area (Å²) in [5.74, 6) is 0. The molecule has 1 aromatic carbocycles. The van der Waals surface area contributed by atoms with Crippen LogP contribution in [0.4, 0.5) is 0 Å². The molecule has 0 saturated heterocycles. The van der Waals surface area contributed by atoms with Gasteiger partial charge in [0.1, 0.15) is 0 Å². The molecule has 0 aliphatic carbocycles. The van der Waals surface area contributed by atoms with Crippen LogP contribution in [0.5, 0.6) is 0 Å². The molecule has 0 aromatic heterocycles. The van der Waals surface area contributed by atoms with Gasteiger partial charge < -0.3 is 0 Å². The van der Waals surface area contributed by atoms with Crippen LogP contribution in [-0.4, -0.2) is 32.3 Å². The molecular weight excluding hydrogens is 353 g/mol. The molecule has 1 aromatic rings. The van der Waals surface area contributed by atoms with E-state index in [9.17, 15) is 0 Å². The molecule has 0 spiro atoms. The maximum atomic E-state index is 2.57. The quantitative estimate of drug-likeness (QED) is 0.494. The van der Waals surface area contributed by atoms with Crippen LogP contribution in [0.15, 0.2) is 29.1 Å². The Morgan fingerprint density at radius 1 is 0.583 bits per heavy atom. The molecule has 0 unspecified atom stereocenters. The van der Waals surface area contributed by atoms with Crippen LogP contribution < -0.4 is 5.19 Å². The second-order valence-electron chi connectivity index (χ2n) is 11.3. The van der Waals surface area contributed by atoms with Crippen LogP contribution in [0.25, 0.3) is 5.20 Å². The first-order valence-corrected chi connectivity index (χ1v) is 23.3. The van der Waals surface area contributed by atoms with Gasteiger partial charge in [-0.05, 0) is 5.56 Å². The molecule has 1 rings (SSSR count). The summed E-state index contributed by atoms with van der Waals surface area (Å²) in [6.45, 7) is 30.6. The predicted octanol–water partition coefficient (Wildman–Crippen LogP) is 6.62. The van der Waals surface area contributed by atoms with E-state index in [1.807, 2.05) is 10.0 Å². The fourth-order valence-corrected chi connectivity index (χ4v) is 22.9. The first-order valence-electron chi connectivity index (χ1n) is 9.33. The fourth-order valence-electron chi connectivity index (χ4n) is 4.14. The van der Waals surface area contributed by atoms with Crippen LogP contribution in [0.3, 0.4) is 0 Å². The molecule has 4 heteroatoms. The van der Waals surface area contributed by atoms with E-state index in [4.69, 9.17) is 0 Å². The van der Waals surface area contributed by atoms with Crippen molar-refractivity contribution in [2.45, 2.75) is 78.6 Å². The third-order valence-corrected chi connectivity index (χ3v) is 17.1. The van der Waals surface area contributed by atoms with Gasteiger partial charge in [0.2, 0.25) is 0 Å². The number of rotatable bonds is 5. The first-order chi connectivity index (χ1) is 10.5. The van der Waals surface area contributed by atoms with Crippen LogP contribution >= 0.6 is 0 Å². The largest absolute Gasteiger partial charge is 0.0913 e. The molecule has 0 aliphatic heterocycles. The molecule has 0 fully saturated rings. The Hall–Kier alpha value is -0.172. The summed E-state index contributed by atoms with van der Waals surface area (Å²) in [6.07, 6.45) is 0. The molecule has 0 nitrogen and oxygen atoms in total. The highest BCUT2D eigenvalue weighted by Gasteiger charge is 2.39. The van der Waals surface area contributed by atoms with Crippen molar-refractivity contribution >= 4 is 42.7 Å². The average Bonchev–Trinajstić information content (AvgIpc) is 2.30. The maximum absolute atomic E-state index is 2.57. The lowest BCUT2D eigenvalue weighted by Gasteiger charge is -2.40. The van der Waals surface area contributed by atoms with E-state index in [-0.39, 0.29) is 0 Å². The van der Waals surface area contributed by atoms with Gasteiger partial charge in [-0.2, -0.15) is 0 Å². The molecule has 0 heterocycles. The Morgan fingerprint density at radius 2 is 1.00 bits per heavy atom. The van der Waals surface area contributed by atoms with Gasteiger partial charge in [0.25, 0.3) is 0 Å². The maximum Gasteiger partial charge on any atom is 0.0783 e. The van der Waals surface area contributed by atoms with E-state index in [1.54, 1.807) is 10.8 Å². The molecule has 0 bridgehead atoms. The first kappa shape index (κ1) is 21.9. The van der Waals surface area contributed by atoms with E-state index in [1.165, 1.54) is 0 Å². The molecule has 136 valence electrons. The zero-order chi connectivity index (χ0) is 19.1. The third-order valence-electron chi connectivity index (χ3n) is 4.50. The van der Waals surface area contributed by atoms with E-state index < -0.39 is 32.3 Å². The Bertz CT molecular complexity index is 599. The number of hydrogen-bond donors (Lipinski definition) is 0. The molecule has 0 atom stereocenters. The predicted molar refractivity (Wildman–Crippen MR) is 126 cm³/mol. The second-order valence-corrected chi connectivity index (χ2v) is 31.8. The van der Waals surface area contributed by atoms with Gasteiger partial charge in [-0.25, -0.2) is 0 Å². The summed E-state index contributed by atoms with van der Waals surface area (Å²) in [5, 5.41) is 3.48. The Balaban J connectivity index is 4.03. The normalized spacial score (nSPS) is 13.8. The van der Waals surface area contributed by atoms with Crippen molar-refractivity contribution in [1.82, 2.24) is 0 Å². The van der Waals surface area contributed by atoms with Crippen LogP contribution in [0.1, 0.15) is 5.56 Å². The minimum atomic E-state index is -1.45. The van der Waals surface area contributed by atoms with Gasteiger partial charge in [0.15, 0.2) is 0 Å². The van der Waals surface area contributed by atoms with Crippen molar-refractivity contribution < 1.29 is 0 Å². The topological polar surface area (TPSA) is 0 Å². The Kier molecular flexibility index (Phi) is 6.25. The highest BCUT2D eigenvalue weighted by atomic mass is 28.4. The number of benzene rings is 1. The van der Waals surface area contributed by atoms with Gasteiger partial charge in [0.05, 0.1) is 32.3 Å². The lowest BCUT2D eigenvalue weighted by atomic mass is 10.2. The van der Waals surface area contributed by atoms with E-state index >= 15 is 0 Å². The molecule has 24 heavy (non-hydrogen) atoms. The second kappa shape index (κ2) is 6.86. The summed E-state index contributed by atoms with van der Waals surface area (Å²) in [7, 11) is -5.55. The monoisotopic (exact) mass is 392 g/mol. The van der Waals surface area contributed by atoms with E-state index in [0.29, 0.717) is 0 Å². The standard InChI is InChI=1S/C20H40Si4/c1-21(2,3)18-16-14-13-15-17(18)19(22(4,5)6)20(23(7,8)9)24(10,11)12/h13-16H,1-12H3. The summed E-state index contributed by atoms with van der Waals surface area (Å²) >= 11 is 0. The van der Waals surface area contributed by atoms with Crippen molar-refractivity contribution in [3.05, 3.63) is 34.6 Å². The van der Waals surface area contributed by atoms with Crippen LogP contribution in [-0.2, 0) is 0 Å². The average molecular weight is 393 g/mol. The van der Waals surface area contributed by atoms with Crippen molar-refractivity contribution in [2.75, 3.05) is 0 Å². The molecule has 0 radical (unpaired) electrons. The minimum absolute atomic E-state index is 1.36. The highest BCUT2D eigenvalue weighted by Crippen LogP contribution is 2.38. The molecule has 0 saturated carbocycles. The SMILES string of the molecule is C[Si](C)(C)C(=C([Si](C)(C)C)[Si](C)(C)C)c1ccccc1[Si](C)(C)C.